The van der Waals surface area contributed by atoms with Gasteiger partial charge in [-0.15, -0.1) is 0 Å². The topological polar surface area (TPSA) is 37.8 Å². The number of rotatable bonds is 9. The van der Waals surface area contributed by atoms with E-state index in [0.29, 0.717) is 5.92 Å². The van der Waals surface area contributed by atoms with Crippen molar-refractivity contribution >= 4 is 5.82 Å². The first kappa shape index (κ1) is 14.9. The normalized spacial score (nSPS) is 10.9. The smallest absolute Gasteiger partial charge is 0.129 e. The Morgan fingerprint density at radius 1 is 1.06 bits per heavy atom. The molecule has 0 saturated carbocycles. The van der Waals surface area contributed by atoms with Gasteiger partial charge in [0.05, 0.1) is 0 Å². The lowest BCUT2D eigenvalue weighted by atomic mass is 10.1. The van der Waals surface area contributed by atoms with Crippen molar-refractivity contribution < 1.29 is 0 Å². The van der Waals surface area contributed by atoms with Gasteiger partial charge in [-0.3, -0.25) is 0 Å². The van der Waals surface area contributed by atoms with Crippen LogP contribution < -0.4 is 5.32 Å². The number of hydrogen-bond acceptors (Lipinski definition) is 3. The minimum absolute atomic E-state index is 0.461. The zero-order chi connectivity index (χ0) is 13.2. The molecule has 0 aromatic carbocycles. The third-order valence-corrected chi connectivity index (χ3v) is 3.12. The van der Waals surface area contributed by atoms with Crippen LogP contribution in [0.25, 0.3) is 0 Å². The van der Waals surface area contributed by atoms with E-state index in [2.05, 4.69) is 42.1 Å². The van der Waals surface area contributed by atoms with Crippen LogP contribution in [0.1, 0.15) is 70.9 Å². The second kappa shape index (κ2) is 8.90. The first-order chi connectivity index (χ1) is 8.74. The van der Waals surface area contributed by atoms with Gasteiger partial charge >= 0.3 is 0 Å². The molecule has 0 fully saturated rings. The van der Waals surface area contributed by atoms with Crippen molar-refractivity contribution in [1.82, 2.24) is 9.97 Å². The van der Waals surface area contributed by atoms with E-state index in [4.69, 9.17) is 0 Å². The molecule has 0 amide bonds. The molecule has 0 atom stereocenters. The van der Waals surface area contributed by atoms with Gasteiger partial charge in [0.2, 0.25) is 0 Å². The molecular formula is C15H27N3. The Hall–Kier alpha value is -1.12. The number of aromatic nitrogens is 2. The Kier molecular flexibility index (Phi) is 7.38. The molecule has 0 aliphatic heterocycles. The van der Waals surface area contributed by atoms with Crippen molar-refractivity contribution in [2.75, 3.05) is 11.9 Å². The van der Waals surface area contributed by atoms with Crippen molar-refractivity contribution in [1.29, 1.82) is 0 Å². The summed E-state index contributed by atoms with van der Waals surface area (Å²) in [5, 5.41) is 3.38. The van der Waals surface area contributed by atoms with Crippen molar-refractivity contribution in [2.24, 2.45) is 0 Å². The number of nitrogens with zero attached hydrogens (tertiary/aromatic N) is 2. The van der Waals surface area contributed by atoms with E-state index in [1.165, 1.54) is 38.5 Å². The summed E-state index contributed by atoms with van der Waals surface area (Å²) in [5.74, 6) is 1.42. The minimum Gasteiger partial charge on any atom is -0.370 e. The fourth-order valence-corrected chi connectivity index (χ4v) is 1.91. The van der Waals surface area contributed by atoms with Crippen molar-refractivity contribution in [3.63, 3.8) is 0 Å². The molecule has 1 heterocycles. The monoisotopic (exact) mass is 249 g/mol. The van der Waals surface area contributed by atoms with Crippen LogP contribution in [0, 0.1) is 0 Å². The lowest BCUT2D eigenvalue weighted by molar-refractivity contribution is 0.616. The average molecular weight is 249 g/mol. The maximum Gasteiger partial charge on any atom is 0.129 e. The summed E-state index contributed by atoms with van der Waals surface area (Å²) in [6.07, 6.45) is 9.62. The van der Waals surface area contributed by atoms with E-state index in [1.807, 2.05) is 0 Å². The van der Waals surface area contributed by atoms with Gasteiger partial charge in [0, 0.05) is 18.3 Å². The van der Waals surface area contributed by atoms with Crippen LogP contribution >= 0.6 is 0 Å². The summed E-state index contributed by atoms with van der Waals surface area (Å²) in [4.78, 5) is 8.51. The van der Waals surface area contributed by atoms with E-state index in [1.54, 1.807) is 6.33 Å². The zero-order valence-corrected chi connectivity index (χ0v) is 12.1. The molecule has 0 aliphatic carbocycles. The van der Waals surface area contributed by atoms with E-state index < -0.39 is 0 Å². The van der Waals surface area contributed by atoms with Crippen molar-refractivity contribution in [3.05, 3.63) is 18.1 Å². The predicted molar refractivity (Wildman–Crippen MR) is 78.0 cm³/mol. The van der Waals surface area contributed by atoms with Crippen molar-refractivity contribution in [2.45, 2.75) is 65.2 Å². The van der Waals surface area contributed by atoms with Gasteiger partial charge in [-0.1, -0.05) is 52.9 Å². The molecule has 0 radical (unpaired) electrons. The van der Waals surface area contributed by atoms with E-state index in [0.717, 1.165) is 18.1 Å². The van der Waals surface area contributed by atoms with Gasteiger partial charge in [-0.25, -0.2) is 9.97 Å². The molecule has 1 rings (SSSR count). The third kappa shape index (κ3) is 5.99. The molecule has 0 spiro atoms. The molecule has 3 heteroatoms. The second-order valence-electron chi connectivity index (χ2n) is 5.18. The summed E-state index contributed by atoms with van der Waals surface area (Å²) < 4.78 is 0. The Balaban J connectivity index is 2.17. The Bertz CT molecular complexity index is 323. The third-order valence-electron chi connectivity index (χ3n) is 3.12. The van der Waals surface area contributed by atoms with Gasteiger partial charge in [-0.2, -0.15) is 0 Å². The standard InChI is InChI=1S/C15H27N3/c1-4-5-6-7-8-9-10-16-15-11-14(13(2)3)17-12-18-15/h11-13H,4-10H2,1-3H3,(H,16,17,18). The van der Waals surface area contributed by atoms with Crippen LogP contribution in [-0.2, 0) is 0 Å². The zero-order valence-electron chi connectivity index (χ0n) is 12.1. The van der Waals surface area contributed by atoms with Crippen LogP contribution in [-0.4, -0.2) is 16.5 Å². The number of nitrogens with one attached hydrogen (secondary N) is 1. The number of hydrogen-bond donors (Lipinski definition) is 1. The van der Waals surface area contributed by atoms with Gasteiger partial charge in [0.15, 0.2) is 0 Å². The van der Waals surface area contributed by atoms with E-state index in [9.17, 15) is 0 Å². The highest BCUT2D eigenvalue weighted by Crippen LogP contribution is 2.13. The second-order valence-corrected chi connectivity index (χ2v) is 5.18. The molecular weight excluding hydrogens is 222 g/mol. The minimum atomic E-state index is 0.461. The molecule has 18 heavy (non-hydrogen) atoms. The molecule has 0 unspecified atom stereocenters. The average Bonchev–Trinajstić information content (AvgIpc) is 2.38. The van der Waals surface area contributed by atoms with E-state index in [-0.39, 0.29) is 0 Å². The molecule has 102 valence electrons. The largest absolute Gasteiger partial charge is 0.370 e. The Morgan fingerprint density at radius 3 is 2.50 bits per heavy atom. The maximum atomic E-state index is 4.27. The summed E-state index contributed by atoms with van der Waals surface area (Å²) in [6, 6.07) is 2.06. The van der Waals surface area contributed by atoms with Crippen LogP contribution in [0.4, 0.5) is 5.82 Å². The summed E-state index contributed by atoms with van der Waals surface area (Å²) in [5.41, 5.74) is 1.11. The van der Waals surface area contributed by atoms with Crippen LogP contribution in [0.2, 0.25) is 0 Å². The molecule has 0 saturated heterocycles. The molecule has 1 N–H and O–H groups in total. The van der Waals surface area contributed by atoms with Crippen LogP contribution in [0.15, 0.2) is 12.4 Å². The van der Waals surface area contributed by atoms with Gasteiger partial charge < -0.3 is 5.32 Å². The maximum absolute atomic E-state index is 4.27. The Labute approximate surface area is 111 Å². The van der Waals surface area contributed by atoms with Gasteiger partial charge in [-0.05, 0) is 12.3 Å². The fourth-order valence-electron chi connectivity index (χ4n) is 1.91. The lowest BCUT2D eigenvalue weighted by Crippen LogP contribution is -2.05. The highest BCUT2D eigenvalue weighted by molar-refractivity contribution is 5.35. The highest BCUT2D eigenvalue weighted by atomic mass is 15.0. The first-order valence-corrected chi connectivity index (χ1v) is 7.29. The molecule has 1 aromatic heterocycles. The molecule has 1 aromatic rings. The van der Waals surface area contributed by atoms with Crippen molar-refractivity contribution in [3.8, 4) is 0 Å². The predicted octanol–water partition coefficient (Wildman–Crippen LogP) is 4.37. The quantitative estimate of drug-likeness (QED) is 0.660. The summed E-state index contributed by atoms with van der Waals surface area (Å²) in [6.45, 7) is 7.57. The molecule has 0 aliphatic rings. The Morgan fingerprint density at radius 2 is 1.78 bits per heavy atom. The van der Waals surface area contributed by atoms with Crippen LogP contribution in [0.5, 0.6) is 0 Å². The SMILES string of the molecule is CCCCCCCCNc1cc(C(C)C)ncn1. The lowest BCUT2D eigenvalue weighted by Gasteiger charge is -2.08. The molecule has 3 nitrogen and oxygen atoms in total. The molecule has 0 bridgehead atoms. The number of anilines is 1. The summed E-state index contributed by atoms with van der Waals surface area (Å²) >= 11 is 0. The number of unbranched alkanes of at least 4 members (excludes halogenated alkanes) is 5. The highest BCUT2D eigenvalue weighted by Gasteiger charge is 2.02. The van der Waals surface area contributed by atoms with Crippen LogP contribution in [0.3, 0.4) is 0 Å². The van der Waals surface area contributed by atoms with E-state index >= 15 is 0 Å². The fraction of sp³-hybridized carbons (Fsp3) is 0.733. The van der Waals surface area contributed by atoms with Gasteiger partial charge in [0.25, 0.3) is 0 Å². The first-order valence-electron chi connectivity index (χ1n) is 7.29. The summed E-state index contributed by atoms with van der Waals surface area (Å²) in [7, 11) is 0. The van der Waals surface area contributed by atoms with Gasteiger partial charge in [0.1, 0.15) is 12.1 Å².